The van der Waals surface area contributed by atoms with Gasteiger partial charge in [-0.1, -0.05) is 51.8 Å². The zero-order valence-corrected chi connectivity index (χ0v) is 15.4. The second-order valence-corrected chi connectivity index (χ2v) is 7.39. The summed E-state index contributed by atoms with van der Waals surface area (Å²) >= 11 is 3.61. The molecule has 1 aliphatic heterocycles. The number of carbonyl (C=O) groups is 1. The van der Waals surface area contributed by atoms with Gasteiger partial charge in [-0.05, 0) is 62.0 Å². The molecule has 0 amide bonds. The van der Waals surface area contributed by atoms with Gasteiger partial charge in [0, 0.05) is 11.0 Å². The van der Waals surface area contributed by atoms with Crippen LogP contribution in [0.2, 0.25) is 0 Å². The van der Waals surface area contributed by atoms with E-state index in [-0.39, 0.29) is 0 Å². The molecule has 4 heteroatoms. The molecule has 1 N–H and O–H groups in total. The Morgan fingerprint density at radius 2 is 1.92 bits per heavy atom. The molecule has 0 aromatic heterocycles. The van der Waals surface area contributed by atoms with Gasteiger partial charge in [-0.25, -0.2) is 4.79 Å². The highest BCUT2D eigenvalue weighted by atomic mass is 79.9. The minimum atomic E-state index is -0.819. The summed E-state index contributed by atoms with van der Waals surface area (Å²) in [7, 11) is 0. The summed E-state index contributed by atoms with van der Waals surface area (Å²) in [6.07, 6.45) is 2.02. The highest BCUT2D eigenvalue weighted by Crippen LogP contribution is 2.32. The van der Waals surface area contributed by atoms with Crippen LogP contribution in [0.15, 0.2) is 46.9 Å². The van der Waals surface area contributed by atoms with Gasteiger partial charge >= 0.3 is 5.97 Å². The molecule has 1 aliphatic rings. The van der Waals surface area contributed by atoms with E-state index in [0.29, 0.717) is 11.5 Å². The van der Waals surface area contributed by atoms with E-state index in [1.54, 1.807) is 6.07 Å². The lowest BCUT2D eigenvalue weighted by Crippen LogP contribution is -2.33. The van der Waals surface area contributed by atoms with Gasteiger partial charge in [0.25, 0.3) is 0 Å². The predicted octanol–water partition coefficient (Wildman–Crippen LogP) is 4.84. The first kappa shape index (κ1) is 17.2. The summed E-state index contributed by atoms with van der Waals surface area (Å²) in [5, 5.41) is 9.45. The first-order chi connectivity index (χ1) is 11.5. The highest BCUT2D eigenvalue weighted by Gasteiger charge is 2.24. The molecule has 2 aromatic rings. The smallest absolute Gasteiger partial charge is 0.335 e. The van der Waals surface area contributed by atoms with E-state index in [1.165, 1.54) is 5.56 Å². The van der Waals surface area contributed by atoms with Crippen molar-refractivity contribution in [2.24, 2.45) is 0 Å². The van der Waals surface area contributed by atoms with E-state index in [9.17, 15) is 9.90 Å². The van der Waals surface area contributed by atoms with E-state index in [2.05, 4.69) is 45.1 Å². The number of halogens is 1. The van der Waals surface area contributed by atoms with Crippen molar-refractivity contribution in [2.45, 2.75) is 32.2 Å². The average molecular weight is 388 g/mol. The fourth-order valence-electron chi connectivity index (χ4n) is 3.48. The zero-order chi connectivity index (χ0) is 17.1. The molecule has 0 bridgehead atoms. The molecule has 24 heavy (non-hydrogen) atoms. The number of aryl methyl sites for hydroxylation is 1. The molecule has 0 unspecified atom stereocenters. The van der Waals surface area contributed by atoms with Crippen LogP contribution >= 0.6 is 15.9 Å². The molecule has 0 saturated carbocycles. The van der Waals surface area contributed by atoms with Gasteiger partial charge in [0.05, 0.1) is 5.56 Å². The number of benzene rings is 2. The molecule has 0 spiro atoms. The third-order valence-electron chi connectivity index (χ3n) is 4.82. The number of aromatic carboxylic acids is 1. The second kappa shape index (κ2) is 7.49. The summed E-state index contributed by atoms with van der Waals surface area (Å²) in [6.45, 7) is 4.96. The lowest BCUT2D eigenvalue weighted by Gasteiger charge is -2.33. The van der Waals surface area contributed by atoms with Crippen molar-refractivity contribution in [2.75, 3.05) is 13.1 Å². The standard InChI is InChI=1S/C20H22BrNO2/c1-14-6-7-17(20(23)24)18(12-14)15-8-10-22(11-9-15)13-16-4-2-3-5-19(16)21/h2-7,12,15H,8-11,13H2,1H3,(H,23,24). The number of rotatable bonds is 4. The number of carboxylic acid groups (broad SMARTS) is 1. The Balaban J connectivity index is 1.68. The molecule has 3 nitrogen and oxygen atoms in total. The van der Waals surface area contributed by atoms with Crippen LogP contribution in [0.1, 0.15) is 45.8 Å². The van der Waals surface area contributed by atoms with Gasteiger partial charge in [0.2, 0.25) is 0 Å². The molecule has 0 atom stereocenters. The van der Waals surface area contributed by atoms with Crippen molar-refractivity contribution in [3.8, 4) is 0 Å². The van der Waals surface area contributed by atoms with Crippen LogP contribution in [0.3, 0.4) is 0 Å². The third kappa shape index (κ3) is 3.87. The van der Waals surface area contributed by atoms with Crippen LogP contribution in [-0.4, -0.2) is 29.1 Å². The molecule has 2 aromatic carbocycles. The maximum atomic E-state index is 11.5. The van der Waals surface area contributed by atoms with Crippen molar-refractivity contribution in [3.05, 3.63) is 69.2 Å². The minimum Gasteiger partial charge on any atom is -0.478 e. The maximum Gasteiger partial charge on any atom is 0.335 e. The van der Waals surface area contributed by atoms with Crippen LogP contribution in [0.5, 0.6) is 0 Å². The normalized spacial score (nSPS) is 16.2. The SMILES string of the molecule is Cc1ccc(C(=O)O)c(C2CCN(Cc3ccccc3Br)CC2)c1. The van der Waals surface area contributed by atoms with Crippen molar-refractivity contribution >= 4 is 21.9 Å². The van der Waals surface area contributed by atoms with Crippen LogP contribution in [0.4, 0.5) is 0 Å². The number of carboxylic acids is 1. The second-order valence-electron chi connectivity index (χ2n) is 6.54. The van der Waals surface area contributed by atoms with E-state index in [1.807, 2.05) is 19.1 Å². The van der Waals surface area contributed by atoms with Gasteiger partial charge in [0.15, 0.2) is 0 Å². The van der Waals surface area contributed by atoms with Crippen molar-refractivity contribution in [3.63, 3.8) is 0 Å². The number of likely N-dealkylation sites (tertiary alicyclic amines) is 1. The Kier molecular flexibility index (Phi) is 5.36. The van der Waals surface area contributed by atoms with Gasteiger partial charge in [-0.2, -0.15) is 0 Å². The summed E-state index contributed by atoms with van der Waals surface area (Å²) in [5.41, 5.74) is 3.90. The van der Waals surface area contributed by atoms with Crippen LogP contribution in [-0.2, 0) is 6.54 Å². The Morgan fingerprint density at radius 1 is 1.21 bits per heavy atom. The Bertz CT molecular complexity index is 736. The van der Waals surface area contributed by atoms with E-state index in [4.69, 9.17) is 0 Å². The number of nitrogens with zero attached hydrogens (tertiary/aromatic N) is 1. The van der Waals surface area contributed by atoms with Gasteiger partial charge < -0.3 is 5.11 Å². The van der Waals surface area contributed by atoms with Crippen LogP contribution in [0.25, 0.3) is 0 Å². The van der Waals surface area contributed by atoms with E-state index >= 15 is 0 Å². The average Bonchev–Trinajstić information content (AvgIpc) is 2.57. The van der Waals surface area contributed by atoms with Crippen LogP contribution in [0, 0.1) is 6.92 Å². The van der Waals surface area contributed by atoms with Gasteiger partial charge in [0.1, 0.15) is 0 Å². The molecule has 1 heterocycles. The van der Waals surface area contributed by atoms with Crippen molar-refractivity contribution in [1.29, 1.82) is 0 Å². The third-order valence-corrected chi connectivity index (χ3v) is 5.59. The first-order valence-corrected chi connectivity index (χ1v) is 9.13. The topological polar surface area (TPSA) is 40.5 Å². The molecular formula is C20H22BrNO2. The molecule has 1 saturated heterocycles. The Labute approximate surface area is 151 Å². The van der Waals surface area contributed by atoms with Crippen molar-refractivity contribution in [1.82, 2.24) is 4.90 Å². The lowest BCUT2D eigenvalue weighted by atomic mass is 9.85. The number of hydrogen-bond acceptors (Lipinski definition) is 2. The van der Waals surface area contributed by atoms with E-state index < -0.39 is 5.97 Å². The molecule has 0 radical (unpaired) electrons. The molecule has 1 fully saturated rings. The van der Waals surface area contributed by atoms with E-state index in [0.717, 1.165) is 48.1 Å². The molecule has 0 aliphatic carbocycles. The minimum absolute atomic E-state index is 0.339. The summed E-state index contributed by atoms with van der Waals surface area (Å²) in [5.74, 6) is -0.480. The molecular weight excluding hydrogens is 366 g/mol. The van der Waals surface area contributed by atoms with Crippen LogP contribution < -0.4 is 0 Å². The van der Waals surface area contributed by atoms with Gasteiger partial charge in [-0.15, -0.1) is 0 Å². The van der Waals surface area contributed by atoms with Gasteiger partial charge in [-0.3, -0.25) is 4.90 Å². The zero-order valence-electron chi connectivity index (χ0n) is 13.8. The quantitative estimate of drug-likeness (QED) is 0.815. The summed E-state index contributed by atoms with van der Waals surface area (Å²) in [4.78, 5) is 14.0. The number of piperidine rings is 1. The fraction of sp³-hybridized carbons (Fsp3) is 0.350. The van der Waals surface area contributed by atoms with Crippen molar-refractivity contribution < 1.29 is 9.90 Å². The highest BCUT2D eigenvalue weighted by molar-refractivity contribution is 9.10. The largest absolute Gasteiger partial charge is 0.478 e. The molecule has 3 rings (SSSR count). The Hall–Kier alpha value is -1.65. The first-order valence-electron chi connectivity index (χ1n) is 8.34. The fourth-order valence-corrected chi connectivity index (χ4v) is 3.89. The summed E-state index contributed by atoms with van der Waals surface area (Å²) < 4.78 is 1.15. The summed E-state index contributed by atoms with van der Waals surface area (Å²) in [6, 6.07) is 14.0. The maximum absolute atomic E-state index is 11.5. The monoisotopic (exact) mass is 387 g/mol. The lowest BCUT2D eigenvalue weighted by molar-refractivity contribution is 0.0694. The predicted molar refractivity (Wildman–Crippen MR) is 99.5 cm³/mol. The Morgan fingerprint density at radius 3 is 2.58 bits per heavy atom. The number of hydrogen-bond donors (Lipinski definition) is 1. The molecule has 126 valence electrons.